The first kappa shape index (κ1) is 25.2. The van der Waals surface area contributed by atoms with Crippen molar-refractivity contribution in [2.75, 3.05) is 19.8 Å². The highest BCUT2D eigenvalue weighted by Crippen LogP contribution is 2.35. The summed E-state index contributed by atoms with van der Waals surface area (Å²) in [7, 11) is 0. The van der Waals surface area contributed by atoms with Crippen molar-refractivity contribution in [2.45, 2.75) is 59.5 Å². The van der Waals surface area contributed by atoms with Gasteiger partial charge in [-0.05, 0) is 64.3 Å². The number of unbranched alkanes of at least 4 members (excludes halogenated alkanes) is 2. The Balaban J connectivity index is 1.98. The molecule has 2 rings (SSSR count). The molecule has 1 fully saturated rings. The highest BCUT2D eigenvalue weighted by atomic mass is 32.2. The van der Waals surface area contributed by atoms with Crippen molar-refractivity contribution in [3.8, 4) is 11.5 Å². The molecule has 1 aromatic carbocycles. The molecule has 1 heterocycles. The third-order valence-corrected chi connectivity index (χ3v) is 5.75. The van der Waals surface area contributed by atoms with Crippen molar-refractivity contribution in [2.24, 2.45) is 0 Å². The van der Waals surface area contributed by atoms with Gasteiger partial charge in [-0.15, -0.1) is 0 Å². The maximum atomic E-state index is 12.8. The van der Waals surface area contributed by atoms with Crippen LogP contribution in [0.2, 0.25) is 0 Å². The van der Waals surface area contributed by atoms with Crippen LogP contribution in [0.3, 0.4) is 0 Å². The van der Waals surface area contributed by atoms with Crippen LogP contribution in [0.15, 0.2) is 23.1 Å². The molecular formula is C23H31NO5S2. The van der Waals surface area contributed by atoms with E-state index in [9.17, 15) is 9.59 Å². The van der Waals surface area contributed by atoms with Crippen molar-refractivity contribution < 1.29 is 23.8 Å². The molecular weight excluding hydrogens is 434 g/mol. The molecule has 0 unspecified atom stereocenters. The van der Waals surface area contributed by atoms with E-state index in [1.165, 1.54) is 11.8 Å². The van der Waals surface area contributed by atoms with Crippen molar-refractivity contribution >= 4 is 46.3 Å². The smallest absolute Gasteiger partial charge is 0.305 e. The quantitative estimate of drug-likeness (QED) is 0.182. The van der Waals surface area contributed by atoms with Crippen molar-refractivity contribution in [3.63, 3.8) is 0 Å². The van der Waals surface area contributed by atoms with E-state index >= 15 is 0 Å². The summed E-state index contributed by atoms with van der Waals surface area (Å²) in [4.78, 5) is 26.4. The van der Waals surface area contributed by atoms with Crippen molar-refractivity contribution in [1.82, 2.24) is 4.90 Å². The Morgan fingerprint density at radius 2 is 1.94 bits per heavy atom. The molecule has 1 aromatic rings. The van der Waals surface area contributed by atoms with E-state index in [2.05, 4.69) is 0 Å². The first-order valence-electron chi connectivity index (χ1n) is 10.7. The normalized spacial score (nSPS) is 15.1. The van der Waals surface area contributed by atoms with Gasteiger partial charge in [0.05, 0.1) is 24.2 Å². The molecule has 1 aliphatic rings. The topological polar surface area (TPSA) is 65.1 Å². The second kappa shape index (κ2) is 12.7. The first-order valence-corrected chi connectivity index (χ1v) is 11.9. The number of ether oxygens (including phenoxy) is 3. The van der Waals surface area contributed by atoms with Gasteiger partial charge in [0.1, 0.15) is 4.32 Å². The molecule has 170 valence electrons. The largest absolute Gasteiger partial charge is 0.490 e. The second-order valence-corrected chi connectivity index (χ2v) is 8.93. The van der Waals surface area contributed by atoms with Crippen LogP contribution in [-0.2, 0) is 14.3 Å². The van der Waals surface area contributed by atoms with E-state index < -0.39 is 0 Å². The zero-order valence-electron chi connectivity index (χ0n) is 18.6. The molecule has 1 aliphatic heterocycles. The van der Waals surface area contributed by atoms with Gasteiger partial charge in [0.15, 0.2) is 11.5 Å². The van der Waals surface area contributed by atoms with Crippen LogP contribution in [0, 0.1) is 0 Å². The lowest BCUT2D eigenvalue weighted by atomic mass is 10.1. The number of nitrogens with zero attached hydrogens (tertiary/aromatic N) is 1. The summed E-state index contributed by atoms with van der Waals surface area (Å²) in [5, 5.41) is 0. The second-order valence-electron chi connectivity index (χ2n) is 7.25. The van der Waals surface area contributed by atoms with Crippen LogP contribution >= 0.6 is 24.0 Å². The molecule has 0 spiro atoms. The highest BCUT2D eigenvalue weighted by molar-refractivity contribution is 8.26. The average Bonchev–Trinajstić information content (AvgIpc) is 2.97. The number of thiocarbonyl (C=S) groups is 1. The van der Waals surface area contributed by atoms with Crippen LogP contribution in [-0.4, -0.2) is 47.0 Å². The third-order valence-electron chi connectivity index (χ3n) is 4.37. The fraction of sp³-hybridized carbons (Fsp3) is 0.522. The molecule has 1 saturated heterocycles. The van der Waals surface area contributed by atoms with Crippen LogP contribution in [0.4, 0.5) is 0 Å². The number of rotatable bonds is 12. The molecule has 1 amide bonds. The van der Waals surface area contributed by atoms with Crippen LogP contribution in [0.5, 0.6) is 11.5 Å². The van der Waals surface area contributed by atoms with Gasteiger partial charge >= 0.3 is 5.97 Å². The van der Waals surface area contributed by atoms with Gasteiger partial charge in [-0.2, -0.15) is 0 Å². The van der Waals surface area contributed by atoms with Gasteiger partial charge in [-0.1, -0.05) is 36.5 Å². The van der Waals surface area contributed by atoms with Gasteiger partial charge in [-0.25, -0.2) is 0 Å². The fourth-order valence-electron chi connectivity index (χ4n) is 3.03. The third kappa shape index (κ3) is 7.85. The molecule has 0 saturated carbocycles. The van der Waals surface area contributed by atoms with Gasteiger partial charge < -0.3 is 14.2 Å². The Labute approximate surface area is 194 Å². The van der Waals surface area contributed by atoms with Crippen LogP contribution < -0.4 is 9.47 Å². The minimum absolute atomic E-state index is 0.0404. The van der Waals surface area contributed by atoms with E-state index in [0.717, 1.165) is 24.8 Å². The maximum Gasteiger partial charge on any atom is 0.305 e. The van der Waals surface area contributed by atoms with Gasteiger partial charge in [0.25, 0.3) is 5.91 Å². The predicted molar refractivity (Wildman–Crippen MR) is 128 cm³/mol. The van der Waals surface area contributed by atoms with Crippen LogP contribution in [0.25, 0.3) is 6.08 Å². The number of amides is 1. The molecule has 0 atom stereocenters. The number of carbonyl (C=O) groups is 2. The van der Waals surface area contributed by atoms with E-state index in [-0.39, 0.29) is 18.0 Å². The Hall–Kier alpha value is -2.06. The summed E-state index contributed by atoms with van der Waals surface area (Å²) in [6, 6.07) is 5.65. The summed E-state index contributed by atoms with van der Waals surface area (Å²) in [5.74, 6) is 1.08. The first-order chi connectivity index (χ1) is 14.8. The molecule has 6 nitrogen and oxygen atoms in total. The van der Waals surface area contributed by atoms with Crippen LogP contribution in [0.1, 0.15) is 58.9 Å². The van der Waals surface area contributed by atoms with Gasteiger partial charge in [-0.3, -0.25) is 14.5 Å². The highest BCUT2D eigenvalue weighted by Gasteiger charge is 2.31. The standard InChI is InChI=1S/C23H31NO5S2/c1-5-27-19-14-17(11-12-18(19)29-16(3)4)15-20-22(26)24(23(30)31-20)13-9-7-8-10-21(25)28-6-2/h11-12,14-16H,5-10,13H2,1-4H3/b20-15-. The number of thioether (sulfide) groups is 1. The number of carbonyl (C=O) groups excluding carboxylic acids is 2. The molecule has 0 aromatic heterocycles. The lowest BCUT2D eigenvalue weighted by molar-refractivity contribution is -0.143. The van der Waals surface area contributed by atoms with E-state index in [1.54, 1.807) is 11.8 Å². The number of esters is 1. The lowest BCUT2D eigenvalue weighted by Crippen LogP contribution is -2.29. The fourth-order valence-corrected chi connectivity index (χ4v) is 4.34. The average molecular weight is 466 g/mol. The van der Waals surface area contributed by atoms with E-state index in [4.69, 9.17) is 26.4 Å². The molecule has 0 bridgehead atoms. The molecule has 0 N–H and O–H groups in total. The number of hydrogen-bond acceptors (Lipinski definition) is 7. The Morgan fingerprint density at radius 1 is 1.16 bits per heavy atom. The summed E-state index contributed by atoms with van der Waals surface area (Å²) >= 11 is 6.72. The molecule has 0 radical (unpaired) electrons. The number of hydrogen-bond donors (Lipinski definition) is 0. The minimum atomic E-state index is -0.174. The Bertz CT molecular complexity index is 822. The zero-order chi connectivity index (χ0) is 22.8. The number of benzene rings is 1. The monoisotopic (exact) mass is 465 g/mol. The van der Waals surface area contributed by atoms with E-state index in [1.807, 2.05) is 45.0 Å². The Morgan fingerprint density at radius 3 is 2.61 bits per heavy atom. The maximum absolute atomic E-state index is 12.8. The van der Waals surface area contributed by atoms with Gasteiger partial charge in [0, 0.05) is 13.0 Å². The van der Waals surface area contributed by atoms with Gasteiger partial charge in [0.2, 0.25) is 0 Å². The summed E-state index contributed by atoms with van der Waals surface area (Å²) in [6.45, 7) is 9.13. The minimum Gasteiger partial charge on any atom is -0.490 e. The summed E-state index contributed by atoms with van der Waals surface area (Å²) < 4.78 is 17.0. The van der Waals surface area contributed by atoms with Crippen molar-refractivity contribution in [1.29, 1.82) is 0 Å². The zero-order valence-corrected chi connectivity index (χ0v) is 20.3. The molecule has 31 heavy (non-hydrogen) atoms. The summed E-state index contributed by atoms with van der Waals surface area (Å²) in [5.41, 5.74) is 0.856. The van der Waals surface area contributed by atoms with Crippen molar-refractivity contribution in [3.05, 3.63) is 28.7 Å². The molecule has 0 aliphatic carbocycles. The molecule has 8 heteroatoms. The SMILES string of the molecule is CCOC(=O)CCCCCN1C(=O)/C(=C/c2ccc(OC(C)C)c(OCC)c2)SC1=S. The lowest BCUT2D eigenvalue weighted by Gasteiger charge is -2.15. The Kier molecular flexibility index (Phi) is 10.3. The predicted octanol–water partition coefficient (Wildman–Crippen LogP) is 5.20. The summed E-state index contributed by atoms with van der Waals surface area (Å²) in [6.07, 6.45) is 4.65. The van der Waals surface area contributed by atoms with E-state index in [0.29, 0.717) is 46.9 Å².